The molecule has 0 fully saturated rings. The maximum absolute atomic E-state index is 14.7. The number of aromatic nitrogens is 1. The van der Waals surface area contributed by atoms with Crippen LogP contribution >= 0.6 is 7.60 Å². The first-order valence-electron chi connectivity index (χ1n) is 15.0. The molecule has 0 aliphatic carbocycles. The van der Waals surface area contributed by atoms with Crippen molar-refractivity contribution in [2.24, 2.45) is 9.98 Å². The van der Waals surface area contributed by atoms with Gasteiger partial charge in [-0.1, -0.05) is 88.4 Å². The second-order valence-corrected chi connectivity index (χ2v) is 12.5. The third-order valence-electron chi connectivity index (χ3n) is 7.63. The molecular formula is C33H40N3O5P. The zero-order valence-electron chi connectivity index (χ0n) is 24.8. The van der Waals surface area contributed by atoms with Crippen molar-refractivity contribution in [1.29, 1.82) is 0 Å². The van der Waals surface area contributed by atoms with E-state index in [0.29, 0.717) is 67.4 Å². The molecule has 5 rings (SSSR count). The Hall–Kier alpha value is -3.32. The maximum atomic E-state index is 14.7. The highest BCUT2D eigenvalue weighted by Gasteiger charge is 2.36. The summed E-state index contributed by atoms with van der Waals surface area (Å²) in [7, 11) is -3.79. The van der Waals surface area contributed by atoms with E-state index in [1.54, 1.807) is 12.1 Å². The van der Waals surface area contributed by atoms with E-state index in [4.69, 9.17) is 33.5 Å². The highest BCUT2D eigenvalue weighted by molar-refractivity contribution is 7.62. The van der Waals surface area contributed by atoms with E-state index >= 15 is 0 Å². The summed E-state index contributed by atoms with van der Waals surface area (Å²) in [4.78, 5) is 14.6. The van der Waals surface area contributed by atoms with Gasteiger partial charge in [-0.15, -0.1) is 0 Å². The fourth-order valence-electron chi connectivity index (χ4n) is 5.03. The molecule has 0 saturated heterocycles. The van der Waals surface area contributed by atoms with Gasteiger partial charge >= 0.3 is 7.60 Å². The lowest BCUT2D eigenvalue weighted by Crippen LogP contribution is -2.24. The number of aliphatic imine (C=N–C) groups is 2. The predicted octanol–water partition coefficient (Wildman–Crippen LogP) is 7.35. The van der Waals surface area contributed by atoms with E-state index in [2.05, 4.69) is 0 Å². The largest absolute Gasteiger partial charge is 0.474 e. The lowest BCUT2D eigenvalue weighted by molar-refractivity contribution is 0.111. The van der Waals surface area contributed by atoms with Gasteiger partial charge in [-0.2, -0.15) is 0 Å². The molecule has 0 N–H and O–H groups in total. The molecule has 0 saturated carbocycles. The molecule has 2 aliphatic heterocycles. The topological polar surface area (TPSA) is 91.6 Å². The van der Waals surface area contributed by atoms with Gasteiger partial charge in [-0.3, -0.25) is 4.57 Å². The highest BCUT2D eigenvalue weighted by atomic mass is 31.2. The van der Waals surface area contributed by atoms with Gasteiger partial charge in [0.1, 0.15) is 36.7 Å². The van der Waals surface area contributed by atoms with Gasteiger partial charge in [0.25, 0.3) is 0 Å². The monoisotopic (exact) mass is 589 g/mol. The van der Waals surface area contributed by atoms with Crippen molar-refractivity contribution in [3.8, 4) is 0 Å². The van der Waals surface area contributed by atoms with E-state index in [9.17, 15) is 4.57 Å². The van der Waals surface area contributed by atoms with Gasteiger partial charge in [-0.05, 0) is 48.9 Å². The second-order valence-electron chi connectivity index (χ2n) is 10.5. The Morgan fingerprint density at radius 1 is 0.714 bits per heavy atom. The number of pyridine rings is 1. The molecule has 42 heavy (non-hydrogen) atoms. The third-order valence-corrected chi connectivity index (χ3v) is 9.67. The zero-order valence-corrected chi connectivity index (χ0v) is 25.7. The van der Waals surface area contributed by atoms with Crippen molar-refractivity contribution < 1.29 is 23.1 Å². The minimum atomic E-state index is -3.79. The molecule has 0 radical (unpaired) electrons. The van der Waals surface area contributed by atoms with Crippen LogP contribution in [0.25, 0.3) is 0 Å². The minimum absolute atomic E-state index is 0.161. The van der Waals surface area contributed by atoms with Gasteiger partial charge in [0.05, 0.1) is 17.5 Å². The number of benzene rings is 2. The predicted molar refractivity (Wildman–Crippen MR) is 166 cm³/mol. The van der Waals surface area contributed by atoms with Crippen LogP contribution in [0.5, 0.6) is 0 Å². The smallest absolute Gasteiger partial charge is 0.362 e. The fourth-order valence-corrected chi connectivity index (χ4v) is 7.26. The number of rotatable bonds is 13. The summed E-state index contributed by atoms with van der Waals surface area (Å²) in [6.45, 7) is 8.87. The van der Waals surface area contributed by atoms with E-state index < -0.39 is 7.60 Å². The first-order valence-corrected chi connectivity index (χ1v) is 16.5. The molecule has 8 nitrogen and oxygen atoms in total. The Morgan fingerprint density at radius 2 is 1.12 bits per heavy atom. The molecule has 0 amide bonds. The summed E-state index contributed by atoms with van der Waals surface area (Å²) in [5, 5.41) is 0.394. The standard InChI is InChI=1S/C33H40N3O5P/c1-5-25(6-2)40-42(37,41-26(7-3)8-4)27-19-28(32-35-30(21-38-32)23-15-11-9-12-16-23)34-29(20-27)33-36-31(22-39-33)24-17-13-10-14-18-24/h9-20,25-26,30-31H,5-8,21-22H2,1-4H3/t30-,31-/m1/s1. The Kier molecular flexibility index (Phi) is 9.88. The Balaban J connectivity index is 1.59. The van der Waals surface area contributed by atoms with Crippen molar-refractivity contribution in [3.63, 3.8) is 0 Å². The molecule has 0 spiro atoms. The number of ether oxygens (including phenoxy) is 2. The summed E-state index contributed by atoms with van der Waals surface area (Å²) in [5.74, 6) is 0.753. The molecule has 0 bridgehead atoms. The maximum Gasteiger partial charge on any atom is 0.362 e. The molecule has 222 valence electrons. The van der Waals surface area contributed by atoms with Gasteiger partial charge in [-0.25, -0.2) is 15.0 Å². The normalized spacial score (nSPS) is 18.6. The average molecular weight is 590 g/mol. The van der Waals surface area contributed by atoms with Crippen molar-refractivity contribution in [3.05, 3.63) is 95.3 Å². The van der Waals surface area contributed by atoms with Gasteiger partial charge in [0.2, 0.25) is 11.8 Å². The van der Waals surface area contributed by atoms with Crippen LogP contribution in [0.4, 0.5) is 0 Å². The summed E-state index contributed by atoms with van der Waals surface area (Å²) in [5.41, 5.74) is 2.99. The van der Waals surface area contributed by atoms with Crippen LogP contribution in [-0.4, -0.2) is 42.2 Å². The van der Waals surface area contributed by atoms with Crippen molar-refractivity contribution in [2.45, 2.75) is 77.7 Å². The van der Waals surface area contributed by atoms with Crippen LogP contribution in [-0.2, 0) is 23.1 Å². The molecule has 3 aromatic rings. The molecule has 2 aromatic carbocycles. The quantitative estimate of drug-likeness (QED) is 0.194. The fraction of sp³-hybridized carbons (Fsp3) is 0.424. The molecule has 9 heteroatoms. The molecule has 2 aliphatic rings. The number of hydrogen-bond donors (Lipinski definition) is 0. The van der Waals surface area contributed by atoms with E-state index in [-0.39, 0.29) is 24.3 Å². The Bertz CT molecular complexity index is 1340. The van der Waals surface area contributed by atoms with Crippen LogP contribution in [0.2, 0.25) is 0 Å². The zero-order chi connectivity index (χ0) is 29.5. The van der Waals surface area contributed by atoms with Gasteiger partial charge in [0.15, 0.2) is 0 Å². The third kappa shape index (κ3) is 6.83. The molecule has 0 unspecified atom stereocenters. The van der Waals surface area contributed by atoms with Crippen LogP contribution in [0.15, 0.2) is 82.8 Å². The summed E-state index contributed by atoms with van der Waals surface area (Å²) in [6, 6.07) is 23.1. The van der Waals surface area contributed by atoms with Gasteiger partial charge in [0, 0.05) is 0 Å². The number of nitrogens with zero attached hydrogens (tertiary/aromatic N) is 3. The summed E-state index contributed by atoms with van der Waals surface area (Å²) < 4.78 is 39.5. The summed E-state index contributed by atoms with van der Waals surface area (Å²) in [6.07, 6.45) is 2.38. The van der Waals surface area contributed by atoms with Crippen LogP contribution < -0.4 is 5.30 Å². The first-order chi connectivity index (χ1) is 20.5. The van der Waals surface area contributed by atoms with E-state index in [1.165, 1.54) is 0 Å². The van der Waals surface area contributed by atoms with Crippen molar-refractivity contribution >= 4 is 24.7 Å². The highest BCUT2D eigenvalue weighted by Crippen LogP contribution is 2.51. The lowest BCUT2D eigenvalue weighted by Gasteiger charge is -2.27. The van der Waals surface area contributed by atoms with Crippen molar-refractivity contribution in [1.82, 2.24) is 4.98 Å². The number of hydrogen-bond acceptors (Lipinski definition) is 8. The Morgan fingerprint density at radius 3 is 1.50 bits per heavy atom. The molecule has 3 heterocycles. The van der Waals surface area contributed by atoms with E-state index in [0.717, 1.165) is 11.1 Å². The molecule has 2 atom stereocenters. The molecular weight excluding hydrogens is 549 g/mol. The van der Waals surface area contributed by atoms with E-state index in [1.807, 2.05) is 88.4 Å². The van der Waals surface area contributed by atoms with Crippen LogP contribution in [0, 0.1) is 0 Å². The second kappa shape index (κ2) is 13.8. The van der Waals surface area contributed by atoms with Crippen molar-refractivity contribution in [2.75, 3.05) is 13.2 Å². The molecule has 1 aromatic heterocycles. The Labute approximate surface area is 248 Å². The van der Waals surface area contributed by atoms with Gasteiger partial charge < -0.3 is 18.5 Å². The summed E-state index contributed by atoms with van der Waals surface area (Å²) >= 11 is 0. The average Bonchev–Trinajstić information content (AvgIpc) is 3.75. The first kappa shape index (κ1) is 30.1. The van der Waals surface area contributed by atoms with Crippen LogP contribution in [0.3, 0.4) is 0 Å². The van der Waals surface area contributed by atoms with Crippen LogP contribution in [0.1, 0.15) is 88.0 Å². The SMILES string of the molecule is CCC(CC)OP(=O)(OC(CC)CC)c1cc(C2=N[C@@H](c3ccccc3)CO2)nc(C2=N[C@@H](c3ccccc3)CO2)c1. The lowest BCUT2D eigenvalue weighted by atomic mass is 10.1. The minimum Gasteiger partial charge on any atom is -0.474 e.